The van der Waals surface area contributed by atoms with Gasteiger partial charge in [-0.25, -0.2) is 4.98 Å². The summed E-state index contributed by atoms with van der Waals surface area (Å²) in [6, 6.07) is 0.359. The minimum absolute atomic E-state index is 0.0106. The second-order valence-electron chi connectivity index (χ2n) is 6.60. The lowest BCUT2D eigenvalue weighted by Crippen LogP contribution is -2.42. The summed E-state index contributed by atoms with van der Waals surface area (Å²) in [7, 11) is 1.99. The van der Waals surface area contributed by atoms with E-state index in [1.165, 1.54) is 12.6 Å². The Hall–Kier alpha value is -2.39. The summed E-state index contributed by atoms with van der Waals surface area (Å²) in [5, 5.41) is 10.4. The van der Waals surface area contributed by atoms with Gasteiger partial charge in [-0.1, -0.05) is 11.6 Å². The molecule has 2 aromatic rings. The Balaban J connectivity index is 1.37. The maximum atomic E-state index is 12.2. The van der Waals surface area contributed by atoms with Crippen LogP contribution in [0.4, 0.5) is 0 Å². The lowest BCUT2D eigenvalue weighted by Gasteiger charge is -2.25. The smallest absolute Gasteiger partial charge is 0.288 e. The van der Waals surface area contributed by atoms with Crippen LogP contribution in [0, 0.1) is 0 Å². The van der Waals surface area contributed by atoms with Crippen molar-refractivity contribution < 1.29 is 14.0 Å². The normalized spacial score (nSPS) is 19.9. The van der Waals surface area contributed by atoms with E-state index in [1.807, 2.05) is 7.05 Å². The van der Waals surface area contributed by atoms with Crippen LogP contribution in [0.2, 0.25) is 5.02 Å². The molecule has 2 amide bonds. The van der Waals surface area contributed by atoms with Gasteiger partial charge in [-0.05, 0) is 19.9 Å². The fourth-order valence-corrected chi connectivity index (χ4v) is 3.42. The van der Waals surface area contributed by atoms with E-state index in [4.69, 9.17) is 16.0 Å². The molecule has 0 aromatic carbocycles. The van der Waals surface area contributed by atoms with Gasteiger partial charge in [-0.15, -0.1) is 0 Å². The molecule has 0 unspecified atom stereocenters. The van der Waals surface area contributed by atoms with Gasteiger partial charge in [-0.3, -0.25) is 19.2 Å². The highest BCUT2D eigenvalue weighted by molar-refractivity contribution is 6.30. The number of nitrogens with zero attached hydrogens (tertiary/aromatic N) is 4. The topological polar surface area (TPSA) is 105 Å². The van der Waals surface area contributed by atoms with Crippen LogP contribution in [0.1, 0.15) is 29.8 Å². The molecule has 9 nitrogen and oxygen atoms in total. The molecule has 1 fully saturated rings. The summed E-state index contributed by atoms with van der Waals surface area (Å²) in [5.41, 5.74) is 0. The number of halogens is 1. The summed E-state index contributed by atoms with van der Waals surface area (Å²) in [5.74, 6) is -0.0673. The average Bonchev–Trinajstić information content (AvgIpc) is 3.37. The van der Waals surface area contributed by atoms with Gasteiger partial charge in [0.1, 0.15) is 0 Å². The number of rotatable bonds is 8. The van der Waals surface area contributed by atoms with Crippen LogP contribution >= 0.6 is 11.6 Å². The molecule has 2 N–H and O–H groups in total. The van der Waals surface area contributed by atoms with Crippen LogP contribution < -0.4 is 10.6 Å². The number of hydrogen-bond donors (Lipinski definition) is 2. The van der Waals surface area contributed by atoms with Gasteiger partial charge in [0, 0.05) is 37.8 Å². The zero-order valence-corrected chi connectivity index (χ0v) is 15.9. The van der Waals surface area contributed by atoms with Crippen molar-refractivity contribution in [3.8, 4) is 0 Å². The van der Waals surface area contributed by atoms with Gasteiger partial charge in [0.15, 0.2) is 6.39 Å². The van der Waals surface area contributed by atoms with Gasteiger partial charge < -0.3 is 15.1 Å². The van der Waals surface area contributed by atoms with Gasteiger partial charge in [-0.2, -0.15) is 5.10 Å². The molecule has 3 rings (SSSR count). The third-order valence-electron chi connectivity index (χ3n) is 4.83. The van der Waals surface area contributed by atoms with Crippen LogP contribution in [-0.2, 0) is 11.3 Å². The molecule has 0 radical (unpaired) electrons. The third-order valence-corrected chi connectivity index (χ3v) is 5.02. The molecule has 2 atom stereocenters. The van der Waals surface area contributed by atoms with Gasteiger partial charge >= 0.3 is 0 Å². The minimum atomic E-state index is -0.277. The molecule has 0 aliphatic carbocycles. The minimum Gasteiger partial charge on any atom is -0.438 e. The van der Waals surface area contributed by atoms with Crippen LogP contribution in [0.5, 0.6) is 0 Å². The molecule has 1 aliphatic heterocycles. The van der Waals surface area contributed by atoms with Crippen molar-refractivity contribution >= 4 is 23.4 Å². The highest BCUT2D eigenvalue weighted by Crippen LogP contribution is 2.24. The number of oxazole rings is 1. The van der Waals surface area contributed by atoms with Crippen molar-refractivity contribution in [2.75, 3.05) is 20.1 Å². The second kappa shape index (κ2) is 9.01. The summed E-state index contributed by atoms with van der Waals surface area (Å²) < 4.78 is 6.67. The van der Waals surface area contributed by atoms with Crippen LogP contribution in [0.3, 0.4) is 0 Å². The SMILES string of the molecule is CN1[C@@H](CC(=O)NCCn2cc(Cl)cn2)CC[C@H]1CNC(=O)c1cnco1. The maximum absolute atomic E-state index is 12.2. The number of likely N-dealkylation sites (N-methyl/N-ethyl adjacent to an activating group) is 1. The van der Waals surface area contributed by atoms with Crippen molar-refractivity contribution in [2.45, 2.75) is 37.9 Å². The number of carbonyl (C=O) groups is 2. The Morgan fingerprint density at radius 2 is 2.11 bits per heavy atom. The number of aromatic nitrogens is 3. The number of carbonyl (C=O) groups excluding carboxylic acids is 2. The Kier molecular flexibility index (Phi) is 6.46. The molecule has 2 aromatic heterocycles. The largest absolute Gasteiger partial charge is 0.438 e. The number of amides is 2. The van der Waals surface area contributed by atoms with Gasteiger partial charge in [0.2, 0.25) is 11.7 Å². The van der Waals surface area contributed by atoms with Crippen molar-refractivity contribution in [3.63, 3.8) is 0 Å². The molecule has 10 heteroatoms. The van der Waals surface area contributed by atoms with Crippen LogP contribution in [-0.4, -0.2) is 63.7 Å². The van der Waals surface area contributed by atoms with E-state index >= 15 is 0 Å². The Morgan fingerprint density at radius 1 is 1.30 bits per heavy atom. The van der Waals surface area contributed by atoms with E-state index in [1.54, 1.807) is 17.1 Å². The zero-order chi connectivity index (χ0) is 19.2. The lowest BCUT2D eigenvalue weighted by atomic mass is 10.1. The van der Waals surface area contributed by atoms with Crippen LogP contribution in [0.25, 0.3) is 0 Å². The van der Waals surface area contributed by atoms with Gasteiger partial charge in [0.05, 0.1) is 24.0 Å². The Morgan fingerprint density at radius 3 is 2.81 bits per heavy atom. The van der Waals surface area contributed by atoms with Crippen molar-refractivity contribution in [1.29, 1.82) is 0 Å². The van der Waals surface area contributed by atoms with E-state index in [0.29, 0.717) is 31.1 Å². The summed E-state index contributed by atoms with van der Waals surface area (Å²) in [6.07, 6.45) is 8.18. The molecule has 0 bridgehead atoms. The van der Waals surface area contributed by atoms with Gasteiger partial charge in [0.25, 0.3) is 5.91 Å². The first-order chi connectivity index (χ1) is 13.0. The molecular weight excluding hydrogens is 372 g/mol. The Bertz CT molecular complexity index is 763. The maximum Gasteiger partial charge on any atom is 0.288 e. The van der Waals surface area contributed by atoms with E-state index in [-0.39, 0.29) is 29.7 Å². The fraction of sp³-hybridized carbons (Fsp3) is 0.529. The monoisotopic (exact) mass is 394 g/mol. The van der Waals surface area contributed by atoms with E-state index in [9.17, 15) is 9.59 Å². The third kappa shape index (κ3) is 5.30. The zero-order valence-electron chi connectivity index (χ0n) is 15.1. The molecule has 0 spiro atoms. The van der Waals surface area contributed by atoms with Crippen LogP contribution in [0.15, 0.2) is 29.4 Å². The number of nitrogens with one attached hydrogen (secondary N) is 2. The van der Waals surface area contributed by atoms with E-state index < -0.39 is 0 Å². The van der Waals surface area contributed by atoms with Crippen molar-refractivity contribution in [3.05, 3.63) is 35.8 Å². The second-order valence-corrected chi connectivity index (χ2v) is 7.04. The summed E-state index contributed by atoms with van der Waals surface area (Å²) in [4.78, 5) is 30.0. The first kappa shape index (κ1) is 19.4. The van der Waals surface area contributed by atoms with E-state index in [0.717, 1.165) is 12.8 Å². The molecule has 3 heterocycles. The predicted octanol–water partition coefficient (Wildman–Crippen LogP) is 0.924. The predicted molar refractivity (Wildman–Crippen MR) is 98.3 cm³/mol. The first-order valence-corrected chi connectivity index (χ1v) is 9.24. The molecule has 27 heavy (non-hydrogen) atoms. The fourth-order valence-electron chi connectivity index (χ4n) is 3.26. The lowest BCUT2D eigenvalue weighted by molar-refractivity contribution is -0.122. The molecule has 146 valence electrons. The first-order valence-electron chi connectivity index (χ1n) is 8.86. The number of hydrogen-bond acceptors (Lipinski definition) is 6. The highest BCUT2D eigenvalue weighted by Gasteiger charge is 2.32. The molecule has 1 aliphatic rings. The molecule has 0 saturated carbocycles. The average molecular weight is 395 g/mol. The number of likely N-dealkylation sites (tertiary alicyclic amines) is 1. The van der Waals surface area contributed by atoms with Crippen molar-refractivity contribution in [1.82, 2.24) is 30.3 Å². The van der Waals surface area contributed by atoms with E-state index in [2.05, 4.69) is 25.6 Å². The quantitative estimate of drug-likeness (QED) is 0.689. The standard InChI is InChI=1S/C17H23ClN6O3/c1-23-13(6-16(25)20-4-5-24-10-12(18)7-22-24)2-3-14(23)8-21-17(26)15-9-19-11-27-15/h7,9-11,13-14H,2-6,8H2,1H3,(H,20,25)(H,21,26)/t13-,14+/m1/s1. The molecule has 1 saturated heterocycles. The molecular formula is C17H23ClN6O3. The van der Waals surface area contributed by atoms with Crippen molar-refractivity contribution in [2.24, 2.45) is 0 Å². The summed E-state index contributed by atoms with van der Waals surface area (Å²) in [6.45, 7) is 1.59. The summed E-state index contributed by atoms with van der Waals surface area (Å²) >= 11 is 5.81. The highest BCUT2D eigenvalue weighted by atomic mass is 35.5. The Labute approximate surface area is 162 Å².